The van der Waals surface area contributed by atoms with E-state index < -0.39 is 5.92 Å². The number of carbonyl (C=O) groups is 1. The zero-order valence-corrected chi connectivity index (χ0v) is 11.2. The number of carbonyl (C=O) groups excluding carboxylic acids is 1. The van der Waals surface area contributed by atoms with Crippen molar-refractivity contribution in [2.75, 3.05) is 19.6 Å². The second-order valence-electron chi connectivity index (χ2n) is 6.29. The first-order valence-electron chi connectivity index (χ1n) is 7.46. The van der Waals surface area contributed by atoms with Gasteiger partial charge in [0.05, 0.1) is 0 Å². The molecule has 2 saturated heterocycles. The predicted octanol–water partition coefficient (Wildman–Crippen LogP) is 2.02. The minimum atomic E-state index is -2.55. The third-order valence-corrected chi connectivity index (χ3v) is 5.03. The number of likely N-dealkylation sites (tertiary alicyclic amines) is 1. The first kappa shape index (κ1) is 13.3. The number of fused-ring (bicyclic) bond motifs is 1. The van der Waals surface area contributed by atoms with E-state index in [0.29, 0.717) is 24.8 Å². The van der Waals surface area contributed by atoms with Gasteiger partial charge in [-0.25, -0.2) is 8.78 Å². The van der Waals surface area contributed by atoms with Crippen molar-refractivity contribution in [1.82, 2.24) is 10.2 Å². The van der Waals surface area contributed by atoms with Crippen LogP contribution in [-0.2, 0) is 4.79 Å². The van der Waals surface area contributed by atoms with E-state index in [1.54, 1.807) is 0 Å². The summed E-state index contributed by atoms with van der Waals surface area (Å²) in [5.74, 6) is -2.01. The smallest absolute Gasteiger partial charge is 0.248 e. The van der Waals surface area contributed by atoms with E-state index >= 15 is 0 Å². The van der Waals surface area contributed by atoms with E-state index in [9.17, 15) is 13.6 Å². The number of hydrogen-bond acceptors (Lipinski definition) is 2. The average molecular weight is 272 g/mol. The monoisotopic (exact) mass is 272 g/mol. The maximum absolute atomic E-state index is 13.2. The molecule has 0 aromatic carbocycles. The van der Waals surface area contributed by atoms with Gasteiger partial charge in [0, 0.05) is 44.4 Å². The van der Waals surface area contributed by atoms with Gasteiger partial charge in [-0.15, -0.1) is 0 Å². The van der Waals surface area contributed by atoms with Crippen LogP contribution < -0.4 is 5.32 Å². The largest absolute Gasteiger partial charge is 0.338 e. The summed E-state index contributed by atoms with van der Waals surface area (Å²) >= 11 is 0. The number of nitrogens with one attached hydrogen (secondary N) is 1. The topological polar surface area (TPSA) is 32.3 Å². The van der Waals surface area contributed by atoms with Crippen LogP contribution in [0.5, 0.6) is 0 Å². The highest BCUT2D eigenvalue weighted by molar-refractivity contribution is 5.79. The third-order valence-electron chi connectivity index (χ3n) is 5.03. The number of rotatable bonds is 1. The normalized spacial score (nSPS) is 35.2. The lowest BCUT2D eigenvalue weighted by molar-refractivity contribution is -0.144. The molecule has 3 rings (SSSR count). The molecule has 3 fully saturated rings. The van der Waals surface area contributed by atoms with Crippen LogP contribution in [-0.4, -0.2) is 42.4 Å². The van der Waals surface area contributed by atoms with Crippen LogP contribution in [0.1, 0.15) is 38.5 Å². The van der Waals surface area contributed by atoms with Gasteiger partial charge in [0.1, 0.15) is 0 Å². The molecule has 1 amide bonds. The summed E-state index contributed by atoms with van der Waals surface area (Å²) < 4.78 is 26.3. The Balaban J connectivity index is 1.63. The second kappa shape index (κ2) is 5.00. The summed E-state index contributed by atoms with van der Waals surface area (Å²) in [6, 6.07) is 0.309. The van der Waals surface area contributed by atoms with Crippen molar-refractivity contribution in [2.24, 2.45) is 11.8 Å². The van der Waals surface area contributed by atoms with Gasteiger partial charge in [0.25, 0.3) is 0 Å². The molecule has 2 atom stereocenters. The molecule has 0 aromatic rings. The highest BCUT2D eigenvalue weighted by atomic mass is 19.3. The molecule has 3 aliphatic rings. The van der Waals surface area contributed by atoms with Crippen molar-refractivity contribution >= 4 is 5.91 Å². The highest BCUT2D eigenvalue weighted by Crippen LogP contribution is 2.38. The molecule has 108 valence electrons. The van der Waals surface area contributed by atoms with Crippen molar-refractivity contribution in [3.05, 3.63) is 0 Å². The lowest BCUT2D eigenvalue weighted by Gasteiger charge is -2.40. The van der Waals surface area contributed by atoms with E-state index in [1.807, 2.05) is 4.90 Å². The summed E-state index contributed by atoms with van der Waals surface area (Å²) in [7, 11) is 0. The number of halogens is 2. The van der Waals surface area contributed by atoms with Crippen LogP contribution in [0, 0.1) is 11.8 Å². The molecule has 2 aliphatic heterocycles. The zero-order valence-electron chi connectivity index (χ0n) is 11.2. The third kappa shape index (κ3) is 2.62. The maximum atomic E-state index is 13.2. The maximum Gasteiger partial charge on any atom is 0.248 e. The van der Waals surface area contributed by atoms with Gasteiger partial charge in [-0.2, -0.15) is 0 Å². The summed E-state index contributed by atoms with van der Waals surface area (Å²) in [6.07, 6.45) is 2.70. The fourth-order valence-corrected chi connectivity index (χ4v) is 3.86. The summed E-state index contributed by atoms with van der Waals surface area (Å²) in [5, 5.41) is 3.35. The molecule has 0 bridgehead atoms. The number of amides is 1. The minimum Gasteiger partial charge on any atom is -0.338 e. The Kier molecular flexibility index (Phi) is 3.50. The van der Waals surface area contributed by atoms with Gasteiger partial charge in [-0.1, -0.05) is 0 Å². The van der Waals surface area contributed by atoms with Crippen LogP contribution in [0.2, 0.25) is 0 Å². The van der Waals surface area contributed by atoms with E-state index in [-0.39, 0.29) is 24.7 Å². The van der Waals surface area contributed by atoms with Crippen LogP contribution in [0.25, 0.3) is 0 Å². The van der Waals surface area contributed by atoms with Gasteiger partial charge >= 0.3 is 0 Å². The molecule has 0 radical (unpaired) electrons. The molecule has 0 aromatic heterocycles. The van der Waals surface area contributed by atoms with Crippen molar-refractivity contribution in [3.63, 3.8) is 0 Å². The Bertz CT molecular complexity index is 351. The summed E-state index contributed by atoms with van der Waals surface area (Å²) in [6.45, 7) is 2.69. The first-order chi connectivity index (χ1) is 9.07. The minimum absolute atomic E-state index is 0.121. The van der Waals surface area contributed by atoms with Crippen LogP contribution in [0.4, 0.5) is 8.78 Å². The van der Waals surface area contributed by atoms with Gasteiger partial charge in [-0.05, 0) is 31.6 Å². The molecule has 1 saturated carbocycles. The van der Waals surface area contributed by atoms with Gasteiger partial charge in [-0.3, -0.25) is 4.79 Å². The second-order valence-corrected chi connectivity index (χ2v) is 6.29. The van der Waals surface area contributed by atoms with E-state index in [4.69, 9.17) is 0 Å². The first-order valence-corrected chi connectivity index (χ1v) is 7.46. The Hall–Kier alpha value is -0.710. The molecule has 5 heteroatoms. The van der Waals surface area contributed by atoms with E-state index in [2.05, 4.69) is 5.32 Å². The summed E-state index contributed by atoms with van der Waals surface area (Å²) in [5.41, 5.74) is 0. The summed E-state index contributed by atoms with van der Waals surface area (Å²) in [4.78, 5) is 14.5. The number of alkyl halides is 2. The SMILES string of the molecule is O=C(C1CCC(F)(F)CC1)N1CCCC2CNCC21. The van der Waals surface area contributed by atoms with Gasteiger partial charge < -0.3 is 10.2 Å². The number of hydrogen-bond donors (Lipinski definition) is 1. The van der Waals surface area contributed by atoms with Crippen molar-refractivity contribution < 1.29 is 13.6 Å². The van der Waals surface area contributed by atoms with E-state index in [1.165, 1.54) is 6.42 Å². The van der Waals surface area contributed by atoms with Crippen molar-refractivity contribution in [1.29, 1.82) is 0 Å². The van der Waals surface area contributed by atoms with Crippen LogP contribution >= 0.6 is 0 Å². The fourth-order valence-electron chi connectivity index (χ4n) is 3.86. The standard InChI is InChI=1S/C14H22F2N2O/c15-14(16)5-3-10(4-6-14)13(19)18-7-1-2-11-8-17-9-12(11)18/h10-12,17H,1-9H2. The Morgan fingerprint density at radius 3 is 2.63 bits per heavy atom. The number of piperidine rings is 1. The quantitative estimate of drug-likeness (QED) is 0.792. The van der Waals surface area contributed by atoms with Crippen LogP contribution in [0.3, 0.4) is 0 Å². The Morgan fingerprint density at radius 2 is 1.89 bits per heavy atom. The molecule has 19 heavy (non-hydrogen) atoms. The van der Waals surface area contributed by atoms with Crippen LogP contribution in [0.15, 0.2) is 0 Å². The Morgan fingerprint density at radius 1 is 1.16 bits per heavy atom. The zero-order chi connectivity index (χ0) is 13.5. The molecule has 2 heterocycles. The fraction of sp³-hybridized carbons (Fsp3) is 0.929. The lowest BCUT2D eigenvalue weighted by Crippen LogP contribution is -2.51. The molecule has 1 aliphatic carbocycles. The van der Waals surface area contributed by atoms with Crippen molar-refractivity contribution in [3.8, 4) is 0 Å². The molecule has 3 nitrogen and oxygen atoms in total. The van der Waals surface area contributed by atoms with Gasteiger partial charge in [0.2, 0.25) is 11.8 Å². The molecule has 0 spiro atoms. The van der Waals surface area contributed by atoms with Gasteiger partial charge in [0.15, 0.2) is 0 Å². The molecule has 2 unspecified atom stereocenters. The molecular weight excluding hydrogens is 250 g/mol. The lowest BCUT2D eigenvalue weighted by atomic mass is 9.84. The average Bonchev–Trinajstić information content (AvgIpc) is 2.86. The van der Waals surface area contributed by atoms with Crippen molar-refractivity contribution in [2.45, 2.75) is 50.5 Å². The predicted molar refractivity (Wildman–Crippen MR) is 68.0 cm³/mol. The van der Waals surface area contributed by atoms with E-state index in [0.717, 1.165) is 26.1 Å². The highest BCUT2D eigenvalue weighted by Gasteiger charge is 2.42. The Labute approximate surface area is 112 Å². The molecular formula is C14H22F2N2O. The number of nitrogens with zero attached hydrogens (tertiary/aromatic N) is 1. The molecule has 1 N–H and O–H groups in total.